The van der Waals surface area contributed by atoms with Gasteiger partial charge in [0.2, 0.25) is 0 Å². The molecule has 0 amide bonds. The summed E-state index contributed by atoms with van der Waals surface area (Å²) in [5, 5.41) is 0. The Bertz CT molecular complexity index is 1030. The van der Waals surface area contributed by atoms with Gasteiger partial charge in [-0.25, -0.2) is 0 Å². The van der Waals surface area contributed by atoms with E-state index in [-0.39, 0.29) is 12.1 Å². The van der Waals surface area contributed by atoms with Crippen LogP contribution in [0.5, 0.6) is 0 Å². The maximum atomic E-state index is 13.2. The Hall–Kier alpha value is -2.55. The van der Waals surface area contributed by atoms with E-state index in [4.69, 9.17) is 28.4 Å². The van der Waals surface area contributed by atoms with E-state index in [9.17, 15) is 4.79 Å². The summed E-state index contributed by atoms with van der Waals surface area (Å²) in [6.07, 6.45) is 5.82. The predicted molar refractivity (Wildman–Crippen MR) is 164 cm³/mol. The van der Waals surface area contributed by atoms with Crippen LogP contribution in [0.4, 0.5) is 0 Å². The molecule has 0 aromatic heterocycles. The fraction of sp³-hybridized carbons (Fsp3) is 0.571. The fourth-order valence-corrected chi connectivity index (χ4v) is 4.67. The molecule has 2 unspecified atom stereocenters. The van der Waals surface area contributed by atoms with Gasteiger partial charge in [0.1, 0.15) is 12.2 Å². The minimum absolute atomic E-state index is 0.301. The van der Waals surface area contributed by atoms with Crippen LogP contribution in [0.15, 0.2) is 72.8 Å². The lowest BCUT2D eigenvalue weighted by molar-refractivity contribution is -0.317. The molecule has 2 aromatic carbocycles. The third-order valence-electron chi connectivity index (χ3n) is 7.10. The van der Waals surface area contributed by atoms with Crippen molar-refractivity contribution in [3.63, 3.8) is 0 Å². The third kappa shape index (κ3) is 11.3. The highest BCUT2D eigenvalue weighted by atomic mass is 16.7. The van der Waals surface area contributed by atoms with Crippen LogP contribution in [-0.4, -0.2) is 57.0 Å². The van der Waals surface area contributed by atoms with E-state index in [1.54, 1.807) is 7.11 Å². The number of carbonyl (C=O) groups excluding carboxylic acids is 1. The molecule has 2 aromatic rings. The number of rotatable bonds is 17. The van der Waals surface area contributed by atoms with Gasteiger partial charge in [-0.05, 0) is 64.0 Å². The van der Waals surface area contributed by atoms with Crippen LogP contribution < -0.4 is 0 Å². The van der Waals surface area contributed by atoms with Gasteiger partial charge in [-0.3, -0.25) is 4.79 Å². The minimum atomic E-state index is -0.798. The van der Waals surface area contributed by atoms with Crippen LogP contribution in [0.3, 0.4) is 0 Å². The molecule has 0 radical (unpaired) electrons. The molecule has 1 fully saturated rings. The first-order valence-corrected chi connectivity index (χ1v) is 15.3. The quantitative estimate of drug-likeness (QED) is 0.113. The van der Waals surface area contributed by atoms with E-state index in [1.165, 1.54) is 0 Å². The number of ether oxygens (including phenoxy) is 6. The van der Waals surface area contributed by atoms with E-state index in [1.807, 2.05) is 81.4 Å². The van der Waals surface area contributed by atoms with Crippen molar-refractivity contribution in [2.24, 2.45) is 5.41 Å². The molecule has 0 spiro atoms. The van der Waals surface area contributed by atoms with Crippen molar-refractivity contribution in [1.29, 1.82) is 0 Å². The lowest BCUT2D eigenvalue weighted by atomic mass is 9.94. The zero-order chi connectivity index (χ0) is 30.2. The van der Waals surface area contributed by atoms with Crippen molar-refractivity contribution in [2.75, 3.05) is 20.3 Å². The summed E-state index contributed by atoms with van der Waals surface area (Å²) in [5.74, 6) is -0.339. The van der Waals surface area contributed by atoms with Crippen LogP contribution in [0.25, 0.3) is 0 Å². The normalized spacial score (nSPS) is 22.8. The lowest BCUT2D eigenvalue weighted by Crippen LogP contribution is -2.61. The largest absolute Gasteiger partial charge is 0.454 e. The molecule has 5 atom stereocenters. The second-order valence-electron chi connectivity index (χ2n) is 11.7. The molecule has 0 bridgehead atoms. The third-order valence-corrected chi connectivity index (χ3v) is 7.10. The second kappa shape index (κ2) is 18.2. The number of benzene rings is 2. The van der Waals surface area contributed by atoms with Gasteiger partial charge in [0, 0.05) is 13.7 Å². The van der Waals surface area contributed by atoms with E-state index >= 15 is 0 Å². The number of unbranched alkanes of at least 4 members (excludes halogenated alkanes) is 2. The summed E-state index contributed by atoms with van der Waals surface area (Å²) in [5.41, 5.74) is 1.37. The number of hydrogen-bond acceptors (Lipinski definition) is 7. The summed E-state index contributed by atoms with van der Waals surface area (Å²) in [7, 11) is 1.72. The van der Waals surface area contributed by atoms with Gasteiger partial charge >= 0.3 is 5.97 Å². The molecule has 0 saturated carbocycles. The Balaban J connectivity index is 1.79. The van der Waals surface area contributed by atoms with Gasteiger partial charge in [0.05, 0.1) is 31.3 Å². The maximum absolute atomic E-state index is 13.2. The SMILES string of the molecule is CCC1O[C@@H](OCCC/C=C\CCCOC)C(OC(=O)C(C)(C)C)[C@H](OCc2ccccc2)[C@H]1OCc1ccccc1. The molecule has 1 heterocycles. The van der Waals surface area contributed by atoms with Crippen molar-refractivity contribution >= 4 is 5.97 Å². The molecule has 0 N–H and O–H groups in total. The van der Waals surface area contributed by atoms with Crippen LogP contribution in [0.2, 0.25) is 0 Å². The maximum Gasteiger partial charge on any atom is 0.311 e. The highest BCUT2D eigenvalue weighted by Crippen LogP contribution is 2.33. The number of carbonyl (C=O) groups is 1. The van der Waals surface area contributed by atoms with E-state index < -0.39 is 30.0 Å². The van der Waals surface area contributed by atoms with Crippen LogP contribution >= 0.6 is 0 Å². The van der Waals surface area contributed by atoms with E-state index in [0.717, 1.165) is 43.4 Å². The zero-order valence-electron chi connectivity index (χ0n) is 26.0. The zero-order valence-corrected chi connectivity index (χ0v) is 26.0. The van der Waals surface area contributed by atoms with E-state index in [2.05, 4.69) is 19.1 Å². The summed E-state index contributed by atoms with van der Waals surface area (Å²) < 4.78 is 37.1. The van der Waals surface area contributed by atoms with Gasteiger partial charge in [0.15, 0.2) is 12.4 Å². The highest BCUT2D eigenvalue weighted by Gasteiger charge is 2.50. The summed E-state index contributed by atoms with van der Waals surface area (Å²) in [4.78, 5) is 13.2. The van der Waals surface area contributed by atoms with Gasteiger partial charge in [0.25, 0.3) is 0 Å². The van der Waals surface area contributed by atoms with Gasteiger partial charge in [-0.2, -0.15) is 0 Å². The van der Waals surface area contributed by atoms with Crippen LogP contribution in [0, 0.1) is 5.41 Å². The van der Waals surface area contributed by atoms with Crippen molar-refractivity contribution in [3.05, 3.63) is 83.9 Å². The summed E-state index contributed by atoms with van der Waals surface area (Å²) in [6.45, 7) is 9.54. The van der Waals surface area contributed by atoms with Gasteiger partial charge in [-0.1, -0.05) is 79.7 Å². The van der Waals surface area contributed by atoms with Crippen molar-refractivity contribution in [2.45, 2.75) is 104 Å². The number of hydrogen-bond donors (Lipinski definition) is 0. The van der Waals surface area contributed by atoms with Crippen molar-refractivity contribution < 1.29 is 33.2 Å². The molecule has 232 valence electrons. The Morgan fingerprint density at radius 2 is 1.33 bits per heavy atom. The van der Waals surface area contributed by atoms with E-state index in [0.29, 0.717) is 26.2 Å². The minimum Gasteiger partial charge on any atom is -0.454 e. The molecule has 3 rings (SSSR count). The molecule has 42 heavy (non-hydrogen) atoms. The van der Waals surface area contributed by atoms with Crippen LogP contribution in [-0.2, 0) is 46.4 Å². The Labute approximate surface area is 252 Å². The number of esters is 1. The standard InChI is InChI=1S/C35H50O7/c1-6-29-30(39-25-27-19-13-11-14-20-27)31(40-26-28-21-15-12-16-22-28)32(42-34(36)35(2,3)4)33(41-29)38-24-18-10-8-7-9-17-23-37-5/h7-8,11-16,19-22,29-33H,6,9-10,17-18,23-26H2,1-5H3/b8-7-/t29?,30-,31+,32?,33+/m0/s1. The van der Waals surface area contributed by atoms with Gasteiger partial charge in [-0.15, -0.1) is 0 Å². The number of allylic oxidation sites excluding steroid dienone is 2. The Morgan fingerprint density at radius 1 is 0.786 bits per heavy atom. The molecule has 1 saturated heterocycles. The molecule has 7 heteroatoms. The Morgan fingerprint density at radius 3 is 1.86 bits per heavy atom. The van der Waals surface area contributed by atoms with Crippen LogP contribution in [0.1, 0.15) is 70.9 Å². The fourth-order valence-electron chi connectivity index (χ4n) is 4.67. The average molecular weight is 583 g/mol. The van der Waals surface area contributed by atoms with Crippen molar-refractivity contribution in [3.8, 4) is 0 Å². The molecule has 7 nitrogen and oxygen atoms in total. The first-order chi connectivity index (χ1) is 20.3. The monoisotopic (exact) mass is 582 g/mol. The molecule has 0 aliphatic carbocycles. The molecular weight excluding hydrogens is 532 g/mol. The smallest absolute Gasteiger partial charge is 0.311 e. The predicted octanol–water partition coefficient (Wildman–Crippen LogP) is 7.03. The first kappa shape index (κ1) is 33.9. The van der Waals surface area contributed by atoms with Crippen molar-refractivity contribution in [1.82, 2.24) is 0 Å². The second-order valence-corrected chi connectivity index (χ2v) is 11.7. The summed E-state index contributed by atoms with van der Waals surface area (Å²) >= 11 is 0. The molecule has 1 aliphatic heterocycles. The first-order valence-electron chi connectivity index (χ1n) is 15.3. The number of methoxy groups -OCH3 is 1. The lowest BCUT2D eigenvalue weighted by Gasteiger charge is -2.46. The Kier molecular flexibility index (Phi) is 14.7. The highest BCUT2D eigenvalue weighted by molar-refractivity contribution is 5.75. The topological polar surface area (TPSA) is 72.5 Å². The summed E-state index contributed by atoms with van der Waals surface area (Å²) in [6, 6.07) is 20.0. The average Bonchev–Trinajstić information content (AvgIpc) is 2.99. The molecule has 1 aliphatic rings. The van der Waals surface area contributed by atoms with Gasteiger partial charge < -0.3 is 28.4 Å². The molecular formula is C35H50O7.